The number of fused-ring (bicyclic) bond motifs is 2. The second kappa shape index (κ2) is 4.20. The first-order valence-electron chi connectivity index (χ1n) is 6.61. The molecule has 1 saturated heterocycles. The van der Waals surface area contributed by atoms with E-state index >= 15 is 0 Å². The van der Waals surface area contributed by atoms with Gasteiger partial charge in [0.15, 0.2) is 5.76 Å². The van der Waals surface area contributed by atoms with Crippen LogP contribution in [0.15, 0.2) is 42.2 Å². The first-order valence-corrected chi connectivity index (χ1v) is 6.61. The first-order chi connectivity index (χ1) is 9.08. The van der Waals surface area contributed by atoms with Gasteiger partial charge in [0.2, 0.25) is 5.78 Å². The lowest BCUT2D eigenvalue weighted by Crippen LogP contribution is -2.43. The van der Waals surface area contributed by atoms with E-state index in [4.69, 9.17) is 9.47 Å². The number of benzene rings is 1. The third-order valence-corrected chi connectivity index (χ3v) is 4.39. The fourth-order valence-electron chi connectivity index (χ4n) is 3.45. The molecule has 1 fully saturated rings. The SMILES string of the molecule is COC1=C[C@@H]2O[C@](C)(C1=O)[C@H](c1ccccc1)[C@H]2C. The Morgan fingerprint density at radius 1 is 1.26 bits per heavy atom. The number of carbonyl (C=O) groups is 1. The molecule has 0 spiro atoms. The van der Waals surface area contributed by atoms with E-state index < -0.39 is 5.60 Å². The van der Waals surface area contributed by atoms with Crippen molar-refractivity contribution in [2.45, 2.75) is 31.5 Å². The molecule has 19 heavy (non-hydrogen) atoms. The lowest BCUT2D eigenvalue weighted by Gasteiger charge is -2.32. The summed E-state index contributed by atoms with van der Waals surface area (Å²) in [4.78, 5) is 12.5. The molecule has 3 nitrogen and oxygen atoms in total. The average molecular weight is 258 g/mol. The molecule has 100 valence electrons. The van der Waals surface area contributed by atoms with E-state index in [1.54, 1.807) is 7.11 Å². The quantitative estimate of drug-likeness (QED) is 0.818. The Hall–Kier alpha value is -1.61. The van der Waals surface area contributed by atoms with Gasteiger partial charge in [0, 0.05) is 5.92 Å². The molecule has 2 aliphatic heterocycles. The Bertz CT molecular complexity index is 534. The van der Waals surface area contributed by atoms with Gasteiger partial charge >= 0.3 is 0 Å². The van der Waals surface area contributed by atoms with Crippen LogP contribution in [0.1, 0.15) is 25.3 Å². The second-order valence-electron chi connectivity index (χ2n) is 5.50. The Morgan fingerprint density at radius 2 is 1.95 bits per heavy atom. The smallest absolute Gasteiger partial charge is 0.229 e. The number of Topliss-reactive ketones (excluding diaryl/α,β-unsaturated/α-hetero) is 1. The van der Waals surface area contributed by atoms with E-state index in [2.05, 4.69) is 19.1 Å². The normalized spacial score (nSPS) is 37.1. The summed E-state index contributed by atoms with van der Waals surface area (Å²) in [5.74, 6) is 0.701. The van der Waals surface area contributed by atoms with E-state index in [1.165, 1.54) is 0 Å². The maximum atomic E-state index is 12.5. The van der Waals surface area contributed by atoms with Crippen molar-refractivity contribution in [1.82, 2.24) is 0 Å². The molecule has 2 aliphatic rings. The van der Waals surface area contributed by atoms with Crippen LogP contribution in [0.25, 0.3) is 0 Å². The largest absolute Gasteiger partial charge is 0.493 e. The monoisotopic (exact) mass is 258 g/mol. The molecule has 1 aromatic rings. The molecule has 3 heteroatoms. The fraction of sp³-hybridized carbons (Fsp3) is 0.438. The van der Waals surface area contributed by atoms with Crippen LogP contribution in [0.3, 0.4) is 0 Å². The van der Waals surface area contributed by atoms with Crippen LogP contribution in [0, 0.1) is 5.92 Å². The van der Waals surface area contributed by atoms with E-state index in [1.807, 2.05) is 31.2 Å². The summed E-state index contributed by atoms with van der Waals surface area (Å²) >= 11 is 0. The van der Waals surface area contributed by atoms with Gasteiger partial charge in [0.1, 0.15) is 5.60 Å². The van der Waals surface area contributed by atoms with Crippen LogP contribution >= 0.6 is 0 Å². The molecule has 2 heterocycles. The maximum absolute atomic E-state index is 12.5. The Morgan fingerprint density at radius 3 is 2.58 bits per heavy atom. The van der Waals surface area contributed by atoms with E-state index in [9.17, 15) is 4.79 Å². The molecule has 4 atom stereocenters. The number of hydrogen-bond donors (Lipinski definition) is 0. The summed E-state index contributed by atoms with van der Waals surface area (Å²) < 4.78 is 11.2. The minimum atomic E-state index is -0.814. The highest BCUT2D eigenvalue weighted by Crippen LogP contribution is 2.51. The van der Waals surface area contributed by atoms with Crippen LogP contribution < -0.4 is 0 Å². The summed E-state index contributed by atoms with van der Waals surface area (Å²) in [5, 5.41) is 0. The van der Waals surface area contributed by atoms with Gasteiger partial charge in [-0.1, -0.05) is 37.3 Å². The average Bonchev–Trinajstić information content (AvgIpc) is 2.64. The van der Waals surface area contributed by atoms with E-state index in [0.29, 0.717) is 5.76 Å². The summed E-state index contributed by atoms with van der Waals surface area (Å²) in [6.07, 6.45) is 1.76. The number of hydrogen-bond acceptors (Lipinski definition) is 3. The summed E-state index contributed by atoms with van der Waals surface area (Å²) in [6, 6.07) is 10.1. The zero-order chi connectivity index (χ0) is 13.6. The number of methoxy groups -OCH3 is 1. The highest BCUT2D eigenvalue weighted by Gasteiger charge is 2.58. The van der Waals surface area contributed by atoms with Crippen LogP contribution in [-0.2, 0) is 14.3 Å². The van der Waals surface area contributed by atoms with Crippen molar-refractivity contribution in [2.75, 3.05) is 7.11 Å². The summed E-state index contributed by atoms with van der Waals surface area (Å²) in [6.45, 7) is 4.02. The van der Waals surface area contributed by atoms with E-state index in [0.717, 1.165) is 5.56 Å². The summed E-state index contributed by atoms with van der Waals surface area (Å²) in [7, 11) is 1.54. The van der Waals surface area contributed by atoms with Gasteiger partial charge in [-0.05, 0) is 24.5 Å². The highest BCUT2D eigenvalue weighted by molar-refractivity contribution is 6.02. The molecular weight excluding hydrogens is 240 g/mol. The first kappa shape index (κ1) is 12.4. The molecule has 3 rings (SSSR count). The number of ether oxygens (including phenoxy) is 2. The highest BCUT2D eigenvalue weighted by atomic mass is 16.5. The number of rotatable bonds is 2. The summed E-state index contributed by atoms with van der Waals surface area (Å²) in [5.41, 5.74) is 0.338. The van der Waals surface area contributed by atoms with Crippen LogP contribution in [0.5, 0.6) is 0 Å². The molecule has 1 aromatic carbocycles. The van der Waals surface area contributed by atoms with Gasteiger partial charge in [0.25, 0.3) is 0 Å². The van der Waals surface area contributed by atoms with Crippen LogP contribution in [0.2, 0.25) is 0 Å². The predicted molar refractivity (Wildman–Crippen MR) is 71.7 cm³/mol. The van der Waals surface area contributed by atoms with Crippen molar-refractivity contribution >= 4 is 5.78 Å². The number of carbonyl (C=O) groups excluding carboxylic acids is 1. The lowest BCUT2D eigenvalue weighted by molar-refractivity contribution is -0.142. The Balaban J connectivity index is 2.08. The molecule has 0 amide bonds. The molecule has 0 N–H and O–H groups in total. The van der Waals surface area contributed by atoms with Crippen molar-refractivity contribution in [2.24, 2.45) is 5.92 Å². The van der Waals surface area contributed by atoms with Gasteiger partial charge in [-0.3, -0.25) is 4.79 Å². The minimum Gasteiger partial charge on any atom is -0.493 e. The molecule has 2 bridgehead atoms. The second-order valence-corrected chi connectivity index (χ2v) is 5.50. The third-order valence-electron chi connectivity index (χ3n) is 4.39. The predicted octanol–water partition coefficient (Wildman–Crippen LogP) is 2.68. The molecule has 0 aromatic heterocycles. The third kappa shape index (κ3) is 1.65. The molecule has 0 radical (unpaired) electrons. The van der Waals surface area contributed by atoms with Gasteiger partial charge in [-0.25, -0.2) is 0 Å². The topological polar surface area (TPSA) is 35.5 Å². The minimum absolute atomic E-state index is 0.0514. The molecular formula is C16H18O3. The van der Waals surface area contributed by atoms with Crippen molar-refractivity contribution in [1.29, 1.82) is 0 Å². The fourth-order valence-corrected chi connectivity index (χ4v) is 3.45. The van der Waals surface area contributed by atoms with Gasteiger partial charge in [-0.15, -0.1) is 0 Å². The standard InChI is InChI=1S/C16H18O3/c1-10-12-9-13(18-3)15(17)16(2,19-12)14(10)11-7-5-4-6-8-11/h4-10,12,14H,1-3H3/t10-,12-,14-,16-/m0/s1. The number of ketones is 1. The lowest BCUT2D eigenvalue weighted by atomic mass is 9.76. The zero-order valence-electron chi connectivity index (χ0n) is 11.4. The van der Waals surface area contributed by atoms with Crippen molar-refractivity contribution in [3.8, 4) is 0 Å². The van der Waals surface area contributed by atoms with Crippen LogP contribution in [0.4, 0.5) is 0 Å². The van der Waals surface area contributed by atoms with Gasteiger partial charge < -0.3 is 9.47 Å². The zero-order valence-corrected chi connectivity index (χ0v) is 11.4. The van der Waals surface area contributed by atoms with E-state index in [-0.39, 0.29) is 23.7 Å². The van der Waals surface area contributed by atoms with Gasteiger partial charge in [0.05, 0.1) is 13.2 Å². The molecule has 0 aliphatic carbocycles. The Kier molecular flexibility index (Phi) is 2.75. The van der Waals surface area contributed by atoms with Crippen molar-refractivity contribution < 1.29 is 14.3 Å². The molecule has 0 saturated carbocycles. The van der Waals surface area contributed by atoms with Crippen molar-refractivity contribution in [3.63, 3.8) is 0 Å². The molecule has 0 unspecified atom stereocenters. The van der Waals surface area contributed by atoms with Crippen LogP contribution in [-0.4, -0.2) is 24.6 Å². The maximum Gasteiger partial charge on any atom is 0.229 e. The Labute approximate surface area is 113 Å². The van der Waals surface area contributed by atoms with Gasteiger partial charge in [-0.2, -0.15) is 0 Å². The van der Waals surface area contributed by atoms with Crippen molar-refractivity contribution in [3.05, 3.63) is 47.7 Å².